The van der Waals surface area contributed by atoms with Crippen molar-refractivity contribution in [2.75, 3.05) is 0 Å². The third kappa shape index (κ3) is 2.26. The van der Waals surface area contributed by atoms with Crippen molar-refractivity contribution in [1.29, 1.82) is 0 Å². The van der Waals surface area contributed by atoms with Gasteiger partial charge in [-0.1, -0.05) is 0 Å². The first-order valence-corrected chi connectivity index (χ1v) is 3.60. The lowest BCUT2D eigenvalue weighted by molar-refractivity contribution is 0.220. The highest BCUT2D eigenvalue weighted by molar-refractivity contribution is 6.69. The van der Waals surface area contributed by atoms with E-state index >= 15 is 0 Å². The van der Waals surface area contributed by atoms with Crippen LogP contribution in [0.5, 0.6) is 5.75 Å². The number of ether oxygens (including phenoxy) is 1. The molecule has 0 saturated heterocycles. The normalized spacial score (nSPS) is 9.71. The van der Waals surface area contributed by atoms with Crippen LogP contribution in [0.1, 0.15) is 0 Å². The van der Waals surface area contributed by atoms with E-state index in [1.807, 2.05) is 0 Å². The third-order valence-corrected chi connectivity index (χ3v) is 1.35. The highest BCUT2D eigenvalue weighted by Crippen LogP contribution is 2.22. The molecular weight excluding hydrogens is 198 g/mol. The molecule has 0 amide bonds. The molecule has 0 aliphatic rings. The fourth-order valence-electron chi connectivity index (χ4n) is 0.782. The molecule has 0 spiro atoms. The number of halogens is 3. The van der Waals surface area contributed by atoms with Crippen molar-refractivity contribution in [2.45, 2.75) is 0 Å². The molecule has 0 aromatic heterocycles. The first-order chi connectivity index (χ1) is 6.54. The van der Waals surface area contributed by atoms with E-state index in [1.165, 1.54) is 0 Å². The Morgan fingerprint density at radius 1 is 1.29 bits per heavy atom. The van der Waals surface area contributed by atoms with Gasteiger partial charge in [0, 0.05) is 12.1 Å². The molecule has 0 heterocycles. The van der Waals surface area contributed by atoms with Gasteiger partial charge in [0.25, 0.3) is 5.87 Å². The Labute approximate surface area is 77.9 Å². The Morgan fingerprint density at radius 3 is 2.21 bits per heavy atom. The van der Waals surface area contributed by atoms with Crippen LogP contribution in [0.4, 0.5) is 18.0 Å². The Balaban J connectivity index is 3.02. The number of nitrogens with two attached hydrogens (primary N) is 1. The molecule has 1 rings (SSSR count). The molecule has 0 unspecified atom stereocenters. The third-order valence-electron chi connectivity index (χ3n) is 1.35. The minimum absolute atomic E-state index is 0.405. The zero-order valence-electron chi connectivity index (χ0n) is 6.89. The molecule has 7 heteroatoms. The van der Waals surface area contributed by atoms with Crippen LogP contribution in [0.3, 0.4) is 0 Å². The average Bonchev–Trinajstić information content (AvgIpc) is 2.10. The molecule has 1 aromatic carbocycles. The SMILES string of the molecule is NBC(=O)Oc1c(F)cc(F)cc1F. The van der Waals surface area contributed by atoms with E-state index < -0.39 is 36.5 Å². The predicted octanol–water partition coefficient (Wildman–Crippen LogP) is 0.913. The summed E-state index contributed by atoms with van der Waals surface area (Å²) in [6.45, 7) is 0. The maximum Gasteiger partial charge on any atom is 0.336 e. The molecule has 0 bridgehead atoms. The Bertz CT molecular complexity index is 349. The van der Waals surface area contributed by atoms with Crippen LogP contribution in [0.25, 0.3) is 0 Å². The van der Waals surface area contributed by atoms with Crippen molar-refractivity contribution < 1.29 is 22.7 Å². The maximum absolute atomic E-state index is 12.8. The molecule has 0 fully saturated rings. The summed E-state index contributed by atoms with van der Waals surface area (Å²) in [7, 11) is -0.518. The summed E-state index contributed by atoms with van der Waals surface area (Å²) in [5.41, 5.74) is 4.86. The second-order valence-corrected chi connectivity index (χ2v) is 2.38. The highest BCUT2D eigenvalue weighted by Gasteiger charge is 2.15. The summed E-state index contributed by atoms with van der Waals surface area (Å²) in [6.07, 6.45) is 0. The number of carbonyl (C=O) groups excluding carboxylic acids is 1. The Kier molecular flexibility index (Phi) is 3.13. The lowest BCUT2D eigenvalue weighted by Crippen LogP contribution is -2.23. The van der Waals surface area contributed by atoms with Crippen molar-refractivity contribution >= 4 is 13.3 Å². The molecule has 0 aliphatic heterocycles. The van der Waals surface area contributed by atoms with E-state index in [1.54, 1.807) is 0 Å². The van der Waals surface area contributed by atoms with Gasteiger partial charge in [0.05, 0.1) is 0 Å². The first-order valence-electron chi connectivity index (χ1n) is 3.60. The fourth-order valence-corrected chi connectivity index (χ4v) is 0.782. The van der Waals surface area contributed by atoms with Gasteiger partial charge >= 0.3 is 7.41 Å². The van der Waals surface area contributed by atoms with Crippen molar-refractivity contribution in [3.8, 4) is 5.75 Å². The Morgan fingerprint density at radius 2 is 1.79 bits per heavy atom. The summed E-state index contributed by atoms with van der Waals surface area (Å²) in [5, 5.41) is 0. The molecule has 3 nitrogen and oxygen atoms in total. The van der Waals surface area contributed by atoms with Gasteiger partial charge in [-0.25, -0.2) is 13.2 Å². The predicted molar refractivity (Wildman–Crippen MR) is 43.7 cm³/mol. The van der Waals surface area contributed by atoms with E-state index in [0.29, 0.717) is 12.1 Å². The summed E-state index contributed by atoms with van der Waals surface area (Å²) >= 11 is 0. The van der Waals surface area contributed by atoms with Gasteiger partial charge < -0.3 is 10.4 Å². The Hall–Kier alpha value is -1.50. The van der Waals surface area contributed by atoms with E-state index in [2.05, 4.69) is 4.74 Å². The smallest absolute Gasteiger partial charge is 0.336 e. The van der Waals surface area contributed by atoms with Crippen molar-refractivity contribution in [2.24, 2.45) is 5.64 Å². The molecule has 0 saturated carbocycles. The van der Waals surface area contributed by atoms with Gasteiger partial charge in [-0.3, -0.25) is 4.79 Å². The molecular formula is C7H5BF3NO2. The number of hydrogen-bond donors (Lipinski definition) is 1. The number of hydrogen-bond acceptors (Lipinski definition) is 3. The lowest BCUT2D eigenvalue weighted by atomic mass is 9.99. The van der Waals surface area contributed by atoms with Crippen LogP contribution >= 0.6 is 0 Å². The van der Waals surface area contributed by atoms with Gasteiger partial charge in [0.2, 0.25) is 5.75 Å². The number of rotatable bonds is 2. The lowest BCUT2D eigenvalue weighted by Gasteiger charge is -2.04. The molecule has 74 valence electrons. The second-order valence-electron chi connectivity index (χ2n) is 2.38. The summed E-state index contributed by atoms with van der Waals surface area (Å²) in [5.74, 6) is -5.61. The number of benzene rings is 1. The molecule has 1 aromatic rings. The van der Waals surface area contributed by atoms with Crippen LogP contribution in [0.15, 0.2) is 12.1 Å². The van der Waals surface area contributed by atoms with Gasteiger partial charge in [0.1, 0.15) is 5.82 Å². The van der Waals surface area contributed by atoms with Crippen LogP contribution in [-0.4, -0.2) is 13.3 Å². The van der Waals surface area contributed by atoms with Gasteiger partial charge in [0.15, 0.2) is 11.6 Å². The van der Waals surface area contributed by atoms with Crippen molar-refractivity contribution in [1.82, 2.24) is 0 Å². The molecule has 0 radical (unpaired) electrons. The minimum atomic E-state index is -1.29. The van der Waals surface area contributed by atoms with Crippen LogP contribution in [-0.2, 0) is 0 Å². The molecule has 0 aliphatic carbocycles. The largest absolute Gasteiger partial charge is 0.427 e. The second kappa shape index (κ2) is 4.14. The molecule has 14 heavy (non-hydrogen) atoms. The zero-order valence-corrected chi connectivity index (χ0v) is 6.89. The quantitative estimate of drug-likeness (QED) is 0.726. The fraction of sp³-hybridized carbons (Fsp3) is 0. The molecule has 0 atom stereocenters. The first kappa shape index (κ1) is 10.6. The topological polar surface area (TPSA) is 52.3 Å². The maximum atomic E-state index is 12.8. The van der Waals surface area contributed by atoms with E-state index in [4.69, 9.17) is 5.64 Å². The molecule has 2 N–H and O–H groups in total. The monoisotopic (exact) mass is 203 g/mol. The van der Waals surface area contributed by atoms with Crippen LogP contribution < -0.4 is 10.4 Å². The van der Waals surface area contributed by atoms with Crippen molar-refractivity contribution in [3.63, 3.8) is 0 Å². The van der Waals surface area contributed by atoms with E-state index in [-0.39, 0.29) is 0 Å². The summed E-state index contributed by atoms with van der Waals surface area (Å²) in [4.78, 5) is 10.6. The van der Waals surface area contributed by atoms with Crippen molar-refractivity contribution in [3.05, 3.63) is 29.6 Å². The standard InChI is InChI=1S/C7H5BF3NO2/c9-3-1-4(10)6(5(11)2-3)14-7(13)8-12/h1-2,8H,12H2. The average molecular weight is 203 g/mol. The minimum Gasteiger partial charge on any atom is -0.427 e. The number of carbonyl (C=O) groups is 1. The van der Waals surface area contributed by atoms with Crippen LogP contribution in [0, 0.1) is 17.5 Å². The van der Waals surface area contributed by atoms with Crippen LogP contribution in [0.2, 0.25) is 0 Å². The zero-order chi connectivity index (χ0) is 10.7. The highest BCUT2D eigenvalue weighted by atomic mass is 19.1. The van der Waals surface area contributed by atoms with E-state index in [0.717, 1.165) is 0 Å². The van der Waals surface area contributed by atoms with Gasteiger partial charge in [-0.15, -0.1) is 0 Å². The van der Waals surface area contributed by atoms with E-state index in [9.17, 15) is 18.0 Å². The summed E-state index contributed by atoms with van der Waals surface area (Å²) in [6, 6.07) is 0.810. The van der Waals surface area contributed by atoms with Gasteiger partial charge in [-0.2, -0.15) is 0 Å². The van der Waals surface area contributed by atoms with Gasteiger partial charge in [-0.05, 0) is 0 Å². The summed E-state index contributed by atoms with van der Waals surface area (Å²) < 4.78 is 42.2.